The molecule has 0 radical (unpaired) electrons. The molecule has 7 heteroatoms. The van der Waals surface area contributed by atoms with Gasteiger partial charge in [0.1, 0.15) is 9.84 Å². The molecule has 1 unspecified atom stereocenters. The molecule has 2 aromatic rings. The third kappa shape index (κ3) is 4.95. The summed E-state index contributed by atoms with van der Waals surface area (Å²) in [5.41, 5.74) is 8.13. The normalized spacial score (nSPS) is 13.3. The van der Waals surface area contributed by atoms with Gasteiger partial charge in [0.25, 0.3) is 0 Å². The van der Waals surface area contributed by atoms with Crippen LogP contribution in [-0.2, 0) is 16.3 Å². The van der Waals surface area contributed by atoms with Crippen LogP contribution in [0.15, 0.2) is 28.8 Å². The molecule has 1 aromatic carbocycles. The minimum absolute atomic E-state index is 0.00373. The molecule has 0 spiro atoms. The van der Waals surface area contributed by atoms with Crippen LogP contribution in [-0.4, -0.2) is 30.6 Å². The lowest BCUT2D eigenvalue weighted by molar-refractivity contribution is 0.349. The van der Waals surface area contributed by atoms with Gasteiger partial charge in [0, 0.05) is 12.7 Å². The second-order valence-corrected chi connectivity index (χ2v) is 7.50. The highest BCUT2D eigenvalue weighted by Gasteiger charge is 2.17. The molecule has 1 heterocycles. The van der Waals surface area contributed by atoms with E-state index < -0.39 is 15.9 Å². The van der Waals surface area contributed by atoms with Gasteiger partial charge < -0.3 is 10.3 Å². The highest BCUT2D eigenvalue weighted by atomic mass is 32.2. The standard InChI is InChI=1S/C14H19N3O3S/c1-10-4-3-5-11(8-10)9-13-16-14(20-17-13)12(15)6-7-21(2,18)19/h3-5,8,12H,6-7,9,15H2,1-2H3. The Morgan fingerprint density at radius 2 is 2.14 bits per heavy atom. The van der Waals surface area contributed by atoms with E-state index in [0.717, 1.165) is 5.56 Å². The summed E-state index contributed by atoms with van der Waals surface area (Å²) in [5, 5.41) is 3.89. The number of aryl methyl sites for hydroxylation is 1. The van der Waals surface area contributed by atoms with Crippen LogP contribution in [0.5, 0.6) is 0 Å². The van der Waals surface area contributed by atoms with E-state index in [2.05, 4.69) is 16.2 Å². The first kappa shape index (κ1) is 15.7. The second-order valence-electron chi connectivity index (χ2n) is 5.24. The van der Waals surface area contributed by atoms with Crippen molar-refractivity contribution in [3.63, 3.8) is 0 Å². The molecule has 2 N–H and O–H groups in total. The summed E-state index contributed by atoms with van der Waals surface area (Å²) in [4.78, 5) is 4.24. The van der Waals surface area contributed by atoms with E-state index in [0.29, 0.717) is 12.2 Å². The average molecular weight is 309 g/mol. The van der Waals surface area contributed by atoms with Crippen LogP contribution in [0.1, 0.15) is 35.3 Å². The van der Waals surface area contributed by atoms with E-state index in [-0.39, 0.29) is 18.1 Å². The molecule has 0 saturated carbocycles. The summed E-state index contributed by atoms with van der Waals surface area (Å²) in [5.74, 6) is 0.829. The fraction of sp³-hybridized carbons (Fsp3) is 0.429. The van der Waals surface area contributed by atoms with Gasteiger partial charge in [0.15, 0.2) is 5.82 Å². The van der Waals surface area contributed by atoms with Crippen LogP contribution in [0.25, 0.3) is 0 Å². The van der Waals surface area contributed by atoms with Crippen molar-refractivity contribution in [1.29, 1.82) is 0 Å². The number of sulfone groups is 1. The Morgan fingerprint density at radius 3 is 2.81 bits per heavy atom. The lowest BCUT2D eigenvalue weighted by atomic mass is 10.1. The number of nitrogens with two attached hydrogens (primary N) is 1. The van der Waals surface area contributed by atoms with Crippen molar-refractivity contribution in [2.45, 2.75) is 25.8 Å². The molecule has 1 aromatic heterocycles. The first-order valence-electron chi connectivity index (χ1n) is 6.65. The Kier molecular flexibility index (Phi) is 4.74. The Labute approximate surface area is 124 Å². The Hall–Kier alpha value is -1.73. The number of aromatic nitrogens is 2. The first-order chi connectivity index (χ1) is 9.83. The number of rotatable bonds is 6. The van der Waals surface area contributed by atoms with Gasteiger partial charge in [-0.05, 0) is 18.9 Å². The Balaban J connectivity index is 2.01. The fourth-order valence-corrected chi connectivity index (χ4v) is 2.64. The van der Waals surface area contributed by atoms with Crippen molar-refractivity contribution < 1.29 is 12.9 Å². The molecule has 0 fully saturated rings. The number of hydrogen-bond donors (Lipinski definition) is 1. The van der Waals surface area contributed by atoms with E-state index in [4.69, 9.17) is 10.3 Å². The summed E-state index contributed by atoms with van der Waals surface area (Å²) in [7, 11) is -3.04. The second kappa shape index (κ2) is 6.36. The molecule has 21 heavy (non-hydrogen) atoms. The van der Waals surface area contributed by atoms with Crippen molar-refractivity contribution in [3.8, 4) is 0 Å². The summed E-state index contributed by atoms with van der Waals surface area (Å²) in [6.45, 7) is 2.02. The molecule has 0 aliphatic carbocycles. The third-order valence-electron chi connectivity index (χ3n) is 3.05. The van der Waals surface area contributed by atoms with Crippen LogP contribution in [0, 0.1) is 6.92 Å². The molecule has 0 aliphatic heterocycles. The van der Waals surface area contributed by atoms with Crippen molar-refractivity contribution >= 4 is 9.84 Å². The molecule has 0 amide bonds. The summed E-state index contributed by atoms with van der Waals surface area (Å²) < 4.78 is 27.4. The van der Waals surface area contributed by atoms with Gasteiger partial charge in [0.2, 0.25) is 5.89 Å². The van der Waals surface area contributed by atoms with Crippen LogP contribution < -0.4 is 5.73 Å². The molecular weight excluding hydrogens is 290 g/mol. The average Bonchev–Trinajstić information content (AvgIpc) is 2.83. The van der Waals surface area contributed by atoms with Crippen LogP contribution in [0.2, 0.25) is 0 Å². The van der Waals surface area contributed by atoms with E-state index in [1.165, 1.54) is 11.8 Å². The van der Waals surface area contributed by atoms with Crippen molar-refractivity contribution in [2.24, 2.45) is 5.73 Å². The van der Waals surface area contributed by atoms with Gasteiger partial charge in [-0.25, -0.2) is 8.42 Å². The predicted octanol–water partition coefficient (Wildman–Crippen LogP) is 1.40. The van der Waals surface area contributed by atoms with Crippen LogP contribution >= 0.6 is 0 Å². The maximum absolute atomic E-state index is 11.1. The zero-order valence-electron chi connectivity index (χ0n) is 12.1. The van der Waals surface area contributed by atoms with E-state index in [1.807, 2.05) is 25.1 Å². The molecule has 0 aliphatic rings. The van der Waals surface area contributed by atoms with E-state index in [1.54, 1.807) is 0 Å². The van der Waals surface area contributed by atoms with Gasteiger partial charge in [-0.2, -0.15) is 4.98 Å². The van der Waals surface area contributed by atoms with E-state index >= 15 is 0 Å². The molecular formula is C14H19N3O3S. The number of hydrogen-bond acceptors (Lipinski definition) is 6. The SMILES string of the molecule is Cc1cccc(Cc2noc(C(N)CCS(C)(=O)=O)n2)c1. The van der Waals surface area contributed by atoms with Crippen LogP contribution in [0.4, 0.5) is 0 Å². The molecule has 114 valence electrons. The van der Waals surface area contributed by atoms with Gasteiger partial charge in [-0.15, -0.1) is 0 Å². The largest absolute Gasteiger partial charge is 0.338 e. The highest BCUT2D eigenvalue weighted by molar-refractivity contribution is 7.90. The maximum Gasteiger partial charge on any atom is 0.243 e. The van der Waals surface area contributed by atoms with Gasteiger partial charge in [-0.3, -0.25) is 0 Å². The quantitative estimate of drug-likeness (QED) is 0.866. The fourth-order valence-electron chi connectivity index (χ4n) is 1.96. The zero-order valence-corrected chi connectivity index (χ0v) is 12.9. The topological polar surface area (TPSA) is 99.1 Å². The van der Waals surface area contributed by atoms with Gasteiger partial charge >= 0.3 is 0 Å². The Morgan fingerprint density at radius 1 is 1.38 bits per heavy atom. The third-order valence-corrected chi connectivity index (χ3v) is 4.02. The summed E-state index contributed by atoms with van der Waals surface area (Å²) >= 11 is 0. The van der Waals surface area contributed by atoms with Crippen molar-refractivity contribution in [2.75, 3.05) is 12.0 Å². The molecule has 0 saturated heterocycles. The van der Waals surface area contributed by atoms with Gasteiger partial charge in [0.05, 0.1) is 11.8 Å². The minimum atomic E-state index is -3.04. The van der Waals surface area contributed by atoms with Crippen molar-refractivity contribution in [1.82, 2.24) is 10.1 Å². The molecule has 1 atom stereocenters. The van der Waals surface area contributed by atoms with Crippen LogP contribution in [0.3, 0.4) is 0 Å². The van der Waals surface area contributed by atoms with Gasteiger partial charge in [-0.1, -0.05) is 35.0 Å². The zero-order chi connectivity index (χ0) is 15.5. The summed E-state index contributed by atoms with van der Waals surface area (Å²) in [6.07, 6.45) is 2.01. The molecule has 0 bridgehead atoms. The Bertz CT molecular complexity index is 710. The summed E-state index contributed by atoms with van der Waals surface area (Å²) in [6, 6.07) is 7.49. The maximum atomic E-state index is 11.1. The lowest BCUT2D eigenvalue weighted by Crippen LogP contribution is -2.16. The molecule has 2 rings (SSSR count). The minimum Gasteiger partial charge on any atom is -0.338 e. The highest BCUT2D eigenvalue weighted by Crippen LogP contribution is 2.15. The monoisotopic (exact) mass is 309 g/mol. The van der Waals surface area contributed by atoms with E-state index in [9.17, 15) is 8.42 Å². The van der Waals surface area contributed by atoms with Crippen molar-refractivity contribution in [3.05, 3.63) is 47.1 Å². The number of benzene rings is 1. The molecule has 6 nitrogen and oxygen atoms in total. The first-order valence-corrected chi connectivity index (χ1v) is 8.71. The predicted molar refractivity (Wildman–Crippen MR) is 79.5 cm³/mol. The lowest BCUT2D eigenvalue weighted by Gasteiger charge is -2.04. The number of nitrogens with zero attached hydrogens (tertiary/aromatic N) is 2. The smallest absolute Gasteiger partial charge is 0.243 e.